The maximum absolute atomic E-state index is 10.9. The molecule has 0 bridgehead atoms. The smallest absolute Gasteiger partial charge is 0.161 e. The third kappa shape index (κ3) is 1.27. The topological polar surface area (TPSA) is 37.3 Å². The highest BCUT2D eigenvalue weighted by Crippen LogP contribution is 2.22. The molecule has 10 heavy (non-hydrogen) atoms. The molecule has 0 spiro atoms. The van der Waals surface area contributed by atoms with Gasteiger partial charge in [-0.25, -0.2) is 0 Å². The van der Waals surface area contributed by atoms with Gasteiger partial charge in [0.15, 0.2) is 5.78 Å². The molecule has 0 saturated heterocycles. The van der Waals surface area contributed by atoms with Crippen molar-refractivity contribution in [2.45, 2.75) is 25.4 Å². The second-order valence-corrected chi connectivity index (χ2v) is 2.70. The Bertz CT molecular complexity index is 151. The summed E-state index contributed by atoms with van der Waals surface area (Å²) in [6.07, 6.45) is 3.22. The van der Waals surface area contributed by atoms with Gasteiger partial charge in [0.25, 0.3) is 0 Å². The van der Waals surface area contributed by atoms with E-state index < -0.39 is 6.10 Å². The highest BCUT2D eigenvalue weighted by Gasteiger charge is 2.27. The lowest BCUT2D eigenvalue weighted by atomic mass is 9.86. The van der Waals surface area contributed by atoms with Gasteiger partial charge >= 0.3 is 0 Å². The second-order valence-electron chi connectivity index (χ2n) is 2.70. The van der Waals surface area contributed by atoms with Crippen LogP contribution in [-0.4, -0.2) is 17.0 Å². The molecule has 0 aliphatic heterocycles. The van der Waals surface area contributed by atoms with Gasteiger partial charge in [0.2, 0.25) is 0 Å². The first-order chi connectivity index (χ1) is 4.75. The van der Waals surface area contributed by atoms with Crippen LogP contribution in [-0.2, 0) is 4.79 Å². The number of carbonyl (C=O) groups excluding carboxylic acids is 1. The maximum Gasteiger partial charge on any atom is 0.161 e. The number of aliphatic hydroxyl groups is 1. The van der Waals surface area contributed by atoms with E-state index in [2.05, 4.69) is 6.58 Å². The summed E-state index contributed by atoms with van der Waals surface area (Å²) in [5, 5.41) is 9.22. The fraction of sp³-hybridized carbons (Fsp3) is 0.625. The van der Waals surface area contributed by atoms with E-state index in [1.165, 1.54) is 0 Å². The summed E-state index contributed by atoms with van der Waals surface area (Å²) in [6.45, 7) is 3.56. The molecule has 2 heteroatoms. The number of aliphatic hydroxyl groups excluding tert-OH is 1. The molecule has 0 aromatic rings. The number of hydrogen-bond donors (Lipinski definition) is 1. The van der Waals surface area contributed by atoms with Gasteiger partial charge in [-0.1, -0.05) is 6.08 Å². The number of hydrogen-bond acceptors (Lipinski definition) is 2. The molecule has 1 rings (SSSR count). The zero-order valence-electron chi connectivity index (χ0n) is 5.92. The Morgan fingerprint density at radius 1 is 1.70 bits per heavy atom. The minimum atomic E-state index is -0.772. The van der Waals surface area contributed by atoms with Crippen molar-refractivity contribution in [3.05, 3.63) is 12.7 Å². The highest BCUT2D eigenvalue weighted by atomic mass is 16.3. The van der Waals surface area contributed by atoms with Crippen molar-refractivity contribution in [3.63, 3.8) is 0 Å². The van der Waals surface area contributed by atoms with Crippen LogP contribution in [0.2, 0.25) is 0 Å². The minimum Gasteiger partial charge on any atom is -0.385 e. The van der Waals surface area contributed by atoms with Crippen LogP contribution < -0.4 is 0 Å². The quantitative estimate of drug-likeness (QED) is 0.549. The Labute approximate surface area is 60.6 Å². The summed E-state index contributed by atoms with van der Waals surface area (Å²) in [6, 6.07) is 0. The van der Waals surface area contributed by atoms with Crippen LogP contribution in [0.4, 0.5) is 0 Å². The van der Waals surface area contributed by atoms with Crippen LogP contribution in [0.15, 0.2) is 12.7 Å². The minimum absolute atomic E-state index is 0.00116. The molecule has 1 saturated carbocycles. The molecular weight excluding hydrogens is 128 g/mol. The van der Waals surface area contributed by atoms with Crippen molar-refractivity contribution in [2.75, 3.05) is 0 Å². The van der Waals surface area contributed by atoms with Crippen LogP contribution in [0, 0.1) is 5.92 Å². The van der Waals surface area contributed by atoms with Gasteiger partial charge in [0.05, 0.1) is 0 Å². The molecule has 1 fully saturated rings. The van der Waals surface area contributed by atoms with Gasteiger partial charge in [-0.05, 0) is 12.8 Å². The maximum atomic E-state index is 10.9. The summed E-state index contributed by atoms with van der Waals surface area (Å²) in [4.78, 5) is 10.9. The Kier molecular flexibility index (Phi) is 2.22. The third-order valence-electron chi connectivity index (χ3n) is 2.00. The van der Waals surface area contributed by atoms with Gasteiger partial charge in [0.1, 0.15) is 6.10 Å². The summed E-state index contributed by atoms with van der Waals surface area (Å²) in [5.41, 5.74) is 0. The first-order valence-electron chi connectivity index (χ1n) is 3.59. The summed E-state index contributed by atoms with van der Waals surface area (Å²) in [5.74, 6) is -0.0302. The van der Waals surface area contributed by atoms with Crippen molar-refractivity contribution in [2.24, 2.45) is 5.92 Å². The van der Waals surface area contributed by atoms with Gasteiger partial charge in [0, 0.05) is 12.3 Å². The van der Waals surface area contributed by atoms with E-state index in [0.29, 0.717) is 6.42 Å². The van der Waals surface area contributed by atoms with Crippen molar-refractivity contribution in [1.29, 1.82) is 0 Å². The summed E-state index contributed by atoms with van der Waals surface area (Å²) >= 11 is 0. The average Bonchev–Trinajstić information content (AvgIpc) is 1.95. The Morgan fingerprint density at radius 2 is 2.40 bits per heavy atom. The van der Waals surface area contributed by atoms with E-state index in [-0.39, 0.29) is 11.7 Å². The largest absolute Gasteiger partial charge is 0.385 e. The molecule has 1 aliphatic rings. The number of carbonyl (C=O) groups is 1. The van der Waals surface area contributed by atoms with Crippen molar-refractivity contribution in [3.8, 4) is 0 Å². The van der Waals surface area contributed by atoms with E-state index in [1.807, 2.05) is 0 Å². The molecule has 0 aromatic carbocycles. The van der Waals surface area contributed by atoms with Gasteiger partial charge in [-0.3, -0.25) is 4.79 Å². The number of Topliss-reactive ketones (excluding diaryl/α,β-unsaturated/α-hetero) is 1. The SMILES string of the molecule is C=CC1CCCC(=O)C1O. The highest BCUT2D eigenvalue weighted by molar-refractivity contribution is 5.84. The fourth-order valence-electron chi connectivity index (χ4n) is 1.30. The van der Waals surface area contributed by atoms with Gasteiger partial charge in [-0.15, -0.1) is 6.58 Å². The molecule has 0 amide bonds. The standard InChI is InChI=1S/C8H12O2/c1-2-6-4-3-5-7(9)8(6)10/h2,6,8,10H,1,3-5H2. The molecule has 1 aliphatic carbocycles. The molecule has 0 aromatic heterocycles. The molecule has 1 N–H and O–H groups in total. The Balaban J connectivity index is 2.59. The van der Waals surface area contributed by atoms with Crippen LogP contribution in [0.5, 0.6) is 0 Å². The molecule has 0 radical (unpaired) electrons. The number of ketones is 1. The molecule has 2 unspecified atom stereocenters. The van der Waals surface area contributed by atoms with E-state index in [1.54, 1.807) is 6.08 Å². The Hall–Kier alpha value is -0.630. The second kappa shape index (κ2) is 2.97. The Morgan fingerprint density at radius 3 is 2.90 bits per heavy atom. The fourth-order valence-corrected chi connectivity index (χ4v) is 1.30. The van der Waals surface area contributed by atoms with E-state index in [4.69, 9.17) is 0 Å². The van der Waals surface area contributed by atoms with Crippen LogP contribution in [0.3, 0.4) is 0 Å². The van der Waals surface area contributed by atoms with E-state index >= 15 is 0 Å². The van der Waals surface area contributed by atoms with Crippen LogP contribution in [0.25, 0.3) is 0 Å². The summed E-state index contributed by atoms with van der Waals surface area (Å²) < 4.78 is 0. The van der Waals surface area contributed by atoms with Gasteiger partial charge < -0.3 is 5.11 Å². The van der Waals surface area contributed by atoms with E-state index in [0.717, 1.165) is 12.8 Å². The summed E-state index contributed by atoms with van der Waals surface area (Å²) in [7, 11) is 0. The lowest BCUT2D eigenvalue weighted by Crippen LogP contribution is -2.32. The zero-order valence-corrected chi connectivity index (χ0v) is 5.92. The molecule has 2 nitrogen and oxygen atoms in total. The number of rotatable bonds is 1. The predicted octanol–water partition coefficient (Wildman–Crippen LogP) is 0.903. The van der Waals surface area contributed by atoms with Crippen molar-refractivity contribution < 1.29 is 9.90 Å². The zero-order chi connectivity index (χ0) is 7.56. The molecular formula is C8H12O2. The first kappa shape index (κ1) is 7.48. The monoisotopic (exact) mass is 140 g/mol. The van der Waals surface area contributed by atoms with Gasteiger partial charge in [-0.2, -0.15) is 0 Å². The molecule has 2 atom stereocenters. The first-order valence-corrected chi connectivity index (χ1v) is 3.59. The van der Waals surface area contributed by atoms with Crippen LogP contribution in [0.1, 0.15) is 19.3 Å². The van der Waals surface area contributed by atoms with E-state index in [9.17, 15) is 9.90 Å². The normalized spacial score (nSPS) is 33.9. The van der Waals surface area contributed by atoms with Crippen molar-refractivity contribution >= 4 is 5.78 Å². The lowest BCUT2D eigenvalue weighted by molar-refractivity contribution is -0.131. The van der Waals surface area contributed by atoms with Crippen LogP contribution >= 0.6 is 0 Å². The molecule has 56 valence electrons. The lowest BCUT2D eigenvalue weighted by Gasteiger charge is -2.22. The molecule has 0 heterocycles. The third-order valence-corrected chi connectivity index (χ3v) is 2.00. The predicted molar refractivity (Wildman–Crippen MR) is 38.6 cm³/mol. The average molecular weight is 140 g/mol. The van der Waals surface area contributed by atoms with Crippen molar-refractivity contribution in [1.82, 2.24) is 0 Å².